The number of carbonyl (C=O) groups excluding carboxylic acids is 1. The number of hydrogen-bond acceptors (Lipinski definition) is 3. The Morgan fingerprint density at radius 2 is 1.81 bits per heavy atom. The molecule has 0 spiro atoms. The highest BCUT2D eigenvalue weighted by Gasteiger charge is 3.01. The molecular weight excluding hydrogens is 324 g/mol. The van der Waals surface area contributed by atoms with Gasteiger partial charge >= 0.3 is 0 Å². The van der Waals surface area contributed by atoms with Crippen LogP contribution in [0.1, 0.15) is 30.4 Å². The Bertz CT molecular complexity index is 861. The fraction of sp³-hybridized carbons (Fsp3) is 0.364. The van der Waals surface area contributed by atoms with Crippen LogP contribution in [0.2, 0.25) is 0 Å². The number of fused-ring (bicyclic) bond motifs is 2. The lowest BCUT2D eigenvalue weighted by molar-refractivity contribution is -0.126. The van der Waals surface area contributed by atoms with E-state index in [9.17, 15) is 4.79 Å². The maximum atomic E-state index is 13.0. The van der Waals surface area contributed by atoms with Crippen LogP contribution in [-0.2, 0) is 10.2 Å². The predicted octanol–water partition coefficient (Wildman–Crippen LogP) is 3.51. The van der Waals surface area contributed by atoms with Crippen LogP contribution in [0.3, 0.4) is 0 Å². The molecule has 3 fully saturated rings. The number of ether oxygens (including phenoxy) is 1. The molecule has 0 radical (unpaired) electrons. The van der Waals surface area contributed by atoms with Crippen LogP contribution in [0.15, 0.2) is 59.7 Å². The summed E-state index contributed by atoms with van der Waals surface area (Å²) < 4.78 is 5.15. The van der Waals surface area contributed by atoms with E-state index in [2.05, 4.69) is 34.8 Å². The molecule has 1 amide bonds. The van der Waals surface area contributed by atoms with Crippen molar-refractivity contribution < 1.29 is 9.53 Å². The van der Waals surface area contributed by atoms with Crippen molar-refractivity contribution in [2.24, 2.45) is 22.4 Å². The maximum absolute atomic E-state index is 13.0. The van der Waals surface area contributed by atoms with Crippen LogP contribution in [0.25, 0.3) is 0 Å². The highest BCUT2D eigenvalue weighted by atomic mass is 16.5. The minimum Gasteiger partial charge on any atom is -0.497 e. The van der Waals surface area contributed by atoms with E-state index in [0.717, 1.165) is 24.2 Å². The van der Waals surface area contributed by atoms with Crippen molar-refractivity contribution in [1.82, 2.24) is 5.43 Å². The number of carbonyl (C=O) groups is 1. The summed E-state index contributed by atoms with van der Waals surface area (Å²) in [6, 6.07) is 18.2. The third-order valence-corrected chi connectivity index (χ3v) is 6.82. The van der Waals surface area contributed by atoms with Crippen molar-refractivity contribution in [3.63, 3.8) is 0 Å². The van der Waals surface area contributed by atoms with Crippen molar-refractivity contribution >= 4 is 12.1 Å². The highest BCUT2D eigenvalue weighted by Crippen LogP contribution is 2.97. The summed E-state index contributed by atoms with van der Waals surface area (Å²) in [5.41, 5.74) is 4.98. The van der Waals surface area contributed by atoms with E-state index < -0.39 is 0 Å². The number of nitrogens with one attached hydrogen (secondary N) is 1. The second-order valence-electron chi connectivity index (χ2n) is 7.61. The molecule has 4 heteroatoms. The van der Waals surface area contributed by atoms with Crippen LogP contribution >= 0.6 is 0 Å². The molecule has 2 aromatic carbocycles. The molecule has 0 aliphatic heterocycles. The molecule has 26 heavy (non-hydrogen) atoms. The van der Waals surface area contributed by atoms with E-state index in [-0.39, 0.29) is 16.7 Å². The Kier molecular flexibility index (Phi) is 3.27. The SMILES string of the molecule is COc1ccc(/C=N/NC(=O)C23[C@H]4CCC[C@H]2C43c2ccccc2)cc1. The van der Waals surface area contributed by atoms with Gasteiger partial charge in [-0.3, -0.25) is 4.79 Å². The zero-order valence-corrected chi connectivity index (χ0v) is 14.8. The Morgan fingerprint density at radius 3 is 2.46 bits per heavy atom. The quantitative estimate of drug-likeness (QED) is 0.665. The van der Waals surface area contributed by atoms with Gasteiger partial charge in [-0.05, 0) is 60.1 Å². The van der Waals surface area contributed by atoms with Crippen LogP contribution in [0.4, 0.5) is 0 Å². The fourth-order valence-corrected chi connectivity index (χ4v) is 5.84. The van der Waals surface area contributed by atoms with Crippen LogP contribution in [0, 0.1) is 17.3 Å². The molecule has 4 nitrogen and oxygen atoms in total. The molecule has 2 atom stereocenters. The van der Waals surface area contributed by atoms with Crippen molar-refractivity contribution in [2.75, 3.05) is 7.11 Å². The van der Waals surface area contributed by atoms with Gasteiger partial charge in [0.15, 0.2) is 0 Å². The first-order chi connectivity index (χ1) is 12.8. The molecule has 3 aliphatic carbocycles. The summed E-state index contributed by atoms with van der Waals surface area (Å²) in [4.78, 5) is 13.0. The lowest BCUT2D eigenvalue weighted by atomic mass is 9.77. The van der Waals surface area contributed by atoms with Gasteiger partial charge in [-0.1, -0.05) is 36.8 Å². The Hall–Kier alpha value is -2.62. The number of hydrogen-bond donors (Lipinski definition) is 1. The molecule has 3 saturated carbocycles. The van der Waals surface area contributed by atoms with Crippen molar-refractivity contribution in [2.45, 2.75) is 24.7 Å². The zero-order valence-electron chi connectivity index (χ0n) is 14.8. The highest BCUT2D eigenvalue weighted by molar-refractivity contribution is 5.97. The number of benzene rings is 2. The molecule has 3 aliphatic rings. The van der Waals surface area contributed by atoms with E-state index in [0.29, 0.717) is 11.8 Å². The lowest BCUT2D eigenvalue weighted by Gasteiger charge is -2.27. The first-order valence-corrected chi connectivity index (χ1v) is 9.29. The van der Waals surface area contributed by atoms with Crippen molar-refractivity contribution in [1.29, 1.82) is 0 Å². The van der Waals surface area contributed by atoms with E-state index >= 15 is 0 Å². The minimum atomic E-state index is -0.205. The van der Waals surface area contributed by atoms with Gasteiger partial charge in [0.25, 0.3) is 0 Å². The summed E-state index contributed by atoms with van der Waals surface area (Å²) in [5, 5.41) is 4.22. The number of rotatable bonds is 5. The van der Waals surface area contributed by atoms with Gasteiger partial charge in [0, 0.05) is 5.41 Å². The van der Waals surface area contributed by atoms with Gasteiger partial charge in [-0.2, -0.15) is 5.10 Å². The molecule has 5 rings (SSSR count). The number of hydrazone groups is 1. The Morgan fingerprint density at radius 1 is 1.12 bits per heavy atom. The summed E-state index contributed by atoms with van der Waals surface area (Å²) >= 11 is 0. The predicted molar refractivity (Wildman–Crippen MR) is 100 cm³/mol. The van der Waals surface area contributed by atoms with Gasteiger partial charge < -0.3 is 4.74 Å². The smallest absolute Gasteiger partial charge is 0.247 e. The fourth-order valence-electron chi connectivity index (χ4n) is 5.84. The normalized spacial score (nSPS) is 33.4. The Labute approximate surface area is 153 Å². The topological polar surface area (TPSA) is 50.7 Å². The van der Waals surface area contributed by atoms with Crippen LogP contribution in [0.5, 0.6) is 5.75 Å². The molecule has 0 saturated heterocycles. The van der Waals surface area contributed by atoms with E-state index in [1.807, 2.05) is 30.3 Å². The van der Waals surface area contributed by atoms with E-state index in [4.69, 9.17) is 4.74 Å². The van der Waals surface area contributed by atoms with Crippen molar-refractivity contribution in [3.8, 4) is 5.75 Å². The van der Waals surface area contributed by atoms with Gasteiger partial charge in [-0.15, -0.1) is 0 Å². The molecular formula is C22H22N2O2. The van der Waals surface area contributed by atoms with Crippen LogP contribution < -0.4 is 10.2 Å². The van der Waals surface area contributed by atoms with Gasteiger partial charge in [0.2, 0.25) is 5.91 Å². The standard InChI is InChI=1S/C22H22N2O2/c1-26-17-12-10-15(11-13-17)14-23-24-20(25)22-18-8-5-9-19(22)21(18,22)16-6-3-2-4-7-16/h2-4,6-7,10-14,18-19H,5,8-9H2,1H3,(H,24,25)/b23-14+/t18-,19-,21?,22?/m0/s1. The maximum Gasteiger partial charge on any atom is 0.247 e. The summed E-state index contributed by atoms with van der Waals surface area (Å²) in [5.74, 6) is 1.89. The molecule has 2 aromatic rings. The molecule has 1 N–H and O–H groups in total. The average molecular weight is 346 g/mol. The van der Waals surface area contributed by atoms with E-state index in [1.165, 1.54) is 12.0 Å². The molecule has 0 bridgehead atoms. The molecule has 0 heterocycles. The average Bonchev–Trinajstić information content (AvgIpc) is 3.56. The monoisotopic (exact) mass is 346 g/mol. The molecule has 0 aromatic heterocycles. The number of amides is 1. The summed E-state index contributed by atoms with van der Waals surface area (Å²) in [6.07, 6.45) is 5.24. The second kappa shape index (κ2) is 5.44. The second-order valence-corrected chi connectivity index (χ2v) is 7.61. The van der Waals surface area contributed by atoms with Gasteiger partial charge in [0.05, 0.1) is 18.7 Å². The summed E-state index contributed by atoms with van der Waals surface area (Å²) in [6.45, 7) is 0. The van der Waals surface area contributed by atoms with Gasteiger partial charge in [-0.25, -0.2) is 5.43 Å². The van der Waals surface area contributed by atoms with Gasteiger partial charge in [0.1, 0.15) is 5.75 Å². The summed E-state index contributed by atoms with van der Waals surface area (Å²) in [7, 11) is 1.64. The number of nitrogens with zero attached hydrogens (tertiary/aromatic N) is 1. The number of methoxy groups -OCH3 is 1. The van der Waals surface area contributed by atoms with E-state index in [1.54, 1.807) is 13.3 Å². The van der Waals surface area contributed by atoms with Crippen LogP contribution in [-0.4, -0.2) is 19.2 Å². The lowest BCUT2D eigenvalue weighted by Crippen LogP contribution is -2.31. The first kappa shape index (κ1) is 15.6. The largest absolute Gasteiger partial charge is 0.497 e. The zero-order chi connectivity index (χ0) is 17.8. The van der Waals surface area contributed by atoms with Crippen molar-refractivity contribution in [3.05, 3.63) is 65.7 Å². The molecule has 0 unspecified atom stereocenters. The minimum absolute atomic E-state index is 0.0895. The first-order valence-electron chi connectivity index (χ1n) is 9.29. The molecule has 132 valence electrons. The third-order valence-electron chi connectivity index (χ3n) is 6.82. The Balaban J connectivity index is 1.32. The third kappa shape index (κ3) is 1.79.